The van der Waals surface area contributed by atoms with Crippen LogP contribution in [0.1, 0.15) is 51.0 Å². The van der Waals surface area contributed by atoms with Crippen molar-refractivity contribution in [3.63, 3.8) is 0 Å². The molecule has 0 aliphatic heterocycles. The van der Waals surface area contributed by atoms with Crippen molar-refractivity contribution in [2.45, 2.75) is 55.4 Å². The maximum Gasteiger partial charge on any atom is 0.163 e. The Labute approximate surface area is 226 Å². The molecule has 4 aromatic rings. The predicted octanol–water partition coefficient (Wildman–Crippen LogP) is 8.12. The van der Waals surface area contributed by atoms with Gasteiger partial charge in [0.2, 0.25) is 0 Å². The van der Waals surface area contributed by atoms with Crippen LogP contribution >= 0.6 is 37.2 Å². The van der Waals surface area contributed by atoms with Gasteiger partial charge in [0.1, 0.15) is 23.3 Å². The molecule has 0 N–H and O–H groups in total. The van der Waals surface area contributed by atoms with Gasteiger partial charge in [-0.2, -0.15) is 0 Å². The van der Waals surface area contributed by atoms with Crippen molar-refractivity contribution in [3.05, 3.63) is 71.8 Å². The third-order valence-corrected chi connectivity index (χ3v) is 4.34. The SMILES string of the molecule is CC.CC.Cc1nc(C)nc(-c2ccc(-c3ccc(-c4nc(C)nc(C)n4)cc3)cc2)n1.II. The molecule has 0 saturated heterocycles. The fourth-order valence-electron chi connectivity index (χ4n) is 3.11. The zero-order valence-corrected chi connectivity index (χ0v) is 25.4. The van der Waals surface area contributed by atoms with Crippen LogP contribution in [-0.4, -0.2) is 29.9 Å². The topological polar surface area (TPSA) is 77.3 Å². The molecule has 0 spiro atoms. The Bertz CT molecular complexity index is 1010. The first-order valence-electron chi connectivity index (χ1n) is 11.2. The highest BCUT2D eigenvalue weighted by Gasteiger charge is 2.07. The van der Waals surface area contributed by atoms with E-state index >= 15 is 0 Å². The van der Waals surface area contributed by atoms with Gasteiger partial charge in [-0.25, -0.2) is 29.9 Å². The Morgan fingerprint density at radius 2 is 0.588 bits per heavy atom. The fraction of sp³-hybridized carbons (Fsp3) is 0.308. The molecular weight excluding hydrogens is 650 g/mol. The number of hydrogen-bond donors (Lipinski definition) is 0. The minimum absolute atomic E-state index is 0.701. The fourth-order valence-corrected chi connectivity index (χ4v) is 3.11. The van der Waals surface area contributed by atoms with Crippen molar-refractivity contribution in [3.8, 4) is 33.9 Å². The molecule has 0 atom stereocenters. The zero-order chi connectivity index (χ0) is 25.7. The van der Waals surface area contributed by atoms with Gasteiger partial charge in [-0.3, -0.25) is 0 Å². The molecule has 0 saturated carbocycles. The number of nitrogens with zero attached hydrogens (tertiary/aromatic N) is 6. The lowest BCUT2D eigenvalue weighted by molar-refractivity contribution is 0.928. The molecule has 2 heterocycles. The molecule has 0 aliphatic carbocycles. The van der Waals surface area contributed by atoms with Gasteiger partial charge < -0.3 is 0 Å². The first kappa shape index (κ1) is 30.0. The van der Waals surface area contributed by atoms with Crippen LogP contribution in [0.25, 0.3) is 33.9 Å². The molecule has 0 bridgehead atoms. The largest absolute Gasteiger partial charge is 0.219 e. The average Bonchev–Trinajstić information content (AvgIpc) is 2.87. The zero-order valence-electron chi connectivity index (χ0n) is 21.1. The Morgan fingerprint density at radius 3 is 0.824 bits per heavy atom. The molecule has 0 aliphatic rings. The quantitative estimate of drug-likeness (QED) is 0.203. The number of aryl methyl sites for hydroxylation is 4. The summed E-state index contributed by atoms with van der Waals surface area (Å²) in [6.45, 7) is 15.5. The van der Waals surface area contributed by atoms with E-state index in [1.807, 2.05) is 79.7 Å². The lowest BCUT2D eigenvalue weighted by Crippen LogP contribution is -1.99. The van der Waals surface area contributed by atoms with Crippen molar-refractivity contribution < 1.29 is 0 Å². The first-order valence-corrected chi connectivity index (χ1v) is 17.5. The second kappa shape index (κ2) is 15.8. The van der Waals surface area contributed by atoms with Gasteiger partial charge in [-0.15, -0.1) is 0 Å². The van der Waals surface area contributed by atoms with Crippen LogP contribution in [0.5, 0.6) is 0 Å². The lowest BCUT2D eigenvalue weighted by atomic mass is 10.0. The van der Waals surface area contributed by atoms with Crippen molar-refractivity contribution in [2.24, 2.45) is 0 Å². The van der Waals surface area contributed by atoms with Crippen LogP contribution in [0, 0.1) is 27.7 Å². The standard InChI is InChI=1S/C22H20N6.2C2H6.I2/c1-13-23-14(2)26-21(25-13)19-9-5-17(6-10-19)18-7-11-20(12-8-18)22-27-15(3)24-16(4)28-22;3*1-2/h5-12H,1-4H3;2*1-2H3;. The molecule has 0 unspecified atom stereocenters. The smallest absolute Gasteiger partial charge is 0.163 e. The van der Waals surface area contributed by atoms with Crippen molar-refractivity contribution >= 4 is 37.2 Å². The van der Waals surface area contributed by atoms with Crippen LogP contribution in [-0.2, 0) is 0 Å². The average molecular weight is 682 g/mol. The van der Waals surface area contributed by atoms with E-state index in [4.69, 9.17) is 0 Å². The van der Waals surface area contributed by atoms with Gasteiger partial charge in [-0.05, 0) is 38.8 Å². The highest BCUT2D eigenvalue weighted by atomic mass is 128. The van der Waals surface area contributed by atoms with Crippen molar-refractivity contribution in [1.82, 2.24) is 29.9 Å². The normalized spacial score (nSPS) is 9.47. The molecule has 0 radical (unpaired) electrons. The molecule has 4 rings (SSSR count). The summed E-state index contributed by atoms with van der Waals surface area (Å²) in [6, 6.07) is 16.5. The lowest BCUT2D eigenvalue weighted by Gasteiger charge is -2.07. The summed E-state index contributed by atoms with van der Waals surface area (Å²) in [7, 11) is 0. The van der Waals surface area contributed by atoms with E-state index in [2.05, 4.69) is 91.4 Å². The molecule has 2 aromatic carbocycles. The van der Waals surface area contributed by atoms with E-state index in [9.17, 15) is 0 Å². The van der Waals surface area contributed by atoms with E-state index in [-0.39, 0.29) is 0 Å². The molecule has 8 heteroatoms. The molecule has 6 nitrogen and oxygen atoms in total. The van der Waals surface area contributed by atoms with E-state index in [1.165, 1.54) is 0 Å². The Hall–Kier alpha value is -2.08. The van der Waals surface area contributed by atoms with E-state index in [0.29, 0.717) is 11.6 Å². The van der Waals surface area contributed by atoms with Gasteiger partial charge in [0, 0.05) is 48.4 Å². The summed E-state index contributed by atoms with van der Waals surface area (Å²) in [5, 5.41) is 0. The van der Waals surface area contributed by atoms with E-state index in [1.54, 1.807) is 0 Å². The molecule has 34 heavy (non-hydrogen) atoms. The van der Waals surface area contributed by atoms with Crippen LogP contribution in [0.15, 0.2) is 48.5 Å². The number of hydrogen-bond acceptors (Lipinski definition) is 6. The van der Waals surface area contributed by atoms with Gasteiger partial charge in [-0.1, -0.05) is 76.2 Å². The minimum atomic E-state index is 0.701. The summed E-state index contributed by atoms with van der Waals surface area (Å²) < 4.78 is 0. The van der Waals surface area contributed by atoms with E-state index < -0.39 is 0 Å². The van der Waals surface area contributed by atoms with Crippen molar-refractivity contribution in [1.29, 1.82) is 0 Å². The van der Waals surface area contributed by atoms with Crippen LogP contribution in [0.3, 0.4) is 0 Å². The molecule has 2 aromatic heterocycles. The predicted molar refractivity (Wildman–Crippen MR) is 159 cm³/mol. The summed E-state index contributed by atoms with van der Waals surface area (Å²) in [4.78, 5) is 26.2. The molecule has 0 fully saturated rings. The highest BCUT2D eigenvalue weighted by molar-refractivity contribution is 15.0. The third-order valence-electron chi connectivity index (χ3n) is 4.34. The summed E-state index contributed by atoms with van der Waals surface area (Å²) >= 11 is 4.24. The summed E-state index contributed by atoms with van der Waals surface area (Å²) in [6.07, 6.45) is 0. The van der Waals surface area contributed by atoms with Gasteiger partial charge >= 0.3 is 0 Å². The van der Waals surface area contributed by atoms with Crippen LogP contribution in [0.4, 0.5) is 0 Å². The monoisotopic (exact) mass is 682 g/mol. The Kier molecular flexibility index (Phi) is 13.9. The first-order chi connectivity index (χ1) is 16.5. The van der Waals surface area contributed by atoms with Gasteiger partial charge in [0.25, 0.3) is 0 Å². The maximum absolute atomic E-state index is 4.42. The van der Waals surface area contributed by atoms with E-state index in [0.717, 1.165) is 45.6 Å². The molecule has 180 valence electrons. The van der Waals surface area contributed by atoms with Crippen LogP contribution in [0.2, 0.25) is 0 Å². The number of aromatic nitrogens is 6. The number of halogens is 2. The Morgan fingerprint density at radius 1 is 0.382 bits per heavy atom. The minimum Gasteiger partial charge on any atom is -0.219 e. The Balaban J connectivity index is 0.000000894. The second-order valence-corrected chi connectivity index (χ2v) is 6.66. The highest BCUT2D eigenvalue weighted by Crippen LogP contribution is 2.25. The summed E-state index contributed by atoms with van der Waals surface area (Å²) in [5.41, 5.74) is 4.21. The van der Waals surface area contributed by atoms with Crippen LogP contribution < -0.4 is 0 Å². The van der Waals surface area contributed by atoms with Gasteiger partial charge in [0.05, 0.1) is 0 Å². The summed E-state index contributed by atoms with van der Waals surface area (Å²) in [5.74, 6) is 4.31. The number of rotatable bonds is 3. The number of benzene rings is 2. The van der Waals surface area contributed by atoms with Gasteiger partial charge in [0.15, 0.2) is 11.6 Å². The second-order valence-electron chi connectivity index (χ2n) is 6.66. The third kappa shape index (κ3) is 8.61. The molecule has 0 amide bonds. The molecular formula is C26H32I2N6. The maximum atomic E-state index is 4.42. The van der Waals surface area contributed by atoms with Crippen molar-refractivity contribution in [2.75, 3.05) is 0 Å².